The first-order chi connectivity index (χ1) is 14.5. The van der Waals surface area contributed by atoms with E-state index < -0.39 is 30.0 Å². The van der Waals surface area contributed by atoms with Crippen molar-refractivity contribution in [1.82, 2.24) is 10.2 Å². The van der Waals surface area contributed by atoms with Gasteiger partial charge in [-0.25, -0.2) is 0 Å². The molecule has 1 rings (SSSR count). The molecule has 0 aromatic heterocycles. The Morgan fingerprint density at radius 2 is 1.71 bits per heavy atom. The predicted octanol–water partition coefficient (Wildman–Crippen LogP) is 1.43. The first-order valence-corrected chi connectivity index (χ1v) is 11.5. The molecule has 0 spiro atoms. The van der Waals surface area contributed by atoms with Crippen LogP contribution in [0.5, 0.6) is 0 Å². The fraction of sp³-hybridized carbons (Fsp3) is 0.826. The molecule has 1 unspecified atom stereocenters. The number of hydrogen-bond acceptors (Lipinski definition) is 6. The number of likely N-dealkylation sites (tertiary alicyclic amines) is 1. The zero-order valence-corrected chi connectivity index (χ0v) is 19.7. The van der Waals surface area contributed by atoms with Gasteiger partial charge in [0.25, 0.3) is 0 Å². The second-order valence-electron chi connectivity index (χ2n) is 9.41. The SMILES string of the molecule is CC(C)CC(=O)N1CCCC[C@H]1C(=O)C[C@H](C(=O)N[C@@H](CCN)C(=O)C(C)C)C(C)O. The minimum Gasteiger partial charge on any atom is -0.393 e. The monoisotopic (exact) mass is 439 g/mol. The van der Waals surface area contributed by atoms with Gasteiger partial charge in [0.05, 0.1) is 24.1 Å². The van der Waals surface area contributed by atoms with Gasteiger partial charge in [-0.3, -0.25) is 19.2 Å². The van der Waals surface area contributed by atoms with Crippen LogP contribution in [0.2, 0.25) is 0 Å². The van der Waals surface area contributed by atoms with Crippen molar-refractivity contribution in [3.8, 4) is 0 Å². The summed E-state index contributed by atoms with van der Waals surface area (Å²) in [6.45, 7) is 9.65. The molecular formula is C23H41N3O5. The Kier molecular flexibility index (Phi) is 11.3. The lowest BCUT2D eigenvalue weighted by molar-refractivity contribution is -0.144. The first kappa shape index (κ1) is 27.2. The van der Waals surface area contributed by atoms with Gasteiger partial charge < -0.3 is 21.1 Å². The zero-order chi connectivity index (χ0) is 23.7. The van der Waals surface area contributed by atoms with Crippen LogP contribution >= 0.6 is 0 Å². The second-order valence-corrected chi connectivity index (χ2v) is 9.41. The van der Waals surface area contributed by atoms with Gasteiger partial charge in [0.2, 0.25) is 11.8 Å². The summed E-state index contributed by atoms with van der Waals surface area (Å²) in [6.07, 6.45) is 1.69. The van der Waals surface area contributed by atoms with E-state index in [1.807, 2.05) is 13.8 Å². The topological polar surface area (TPSA) is 130 Å². The molecule has 1 saturated heterocycles. The van der Waals surface area contributed by atoms with Gasteiger partial charge in [-0.05, 0) is 45.1 Å². The van der Waals surface area contributed by atoms with E-state index in [0.29, 0.717) is 25.8 Å². The maximum Gasteiger partial charge on any atom is 0.226 e. The van der Waals surface area contributed by atoms with Crippen LogP contribution in [0.3, 0.4) is 0 Å². The Labute approximate surface area is 186 Å². The lowest BCUT2D eigenvalue weighted by Gasteiger charge is -2.36. The summed E-state index contributed by atoms with van der Waals surface area (Å²) in [4.78, 5) is 52.6. The highest BCUT2D eigenvalue weighted by Gasteiger charge is 2.36. The summed E-state index contributed by atoms with van der Waals surface area (Å²) in [7, 11) is 0. The zero-order valence-electron chi connectivity index (χ0n) is 19.7. The number of ketones is 2. The number of aliphatic hydroxyl groups is 1. The third kappa shape index (κ3) is 8.33. The van der Waals surface area contributed by atoms with Crippen molar-refractivity contribution >= 4 is 23.4 Å². The maximum absolute atomic E-state index is 13.1. The van der Waals surface area contributed by atoms with Gasteiger partial charge in [0.15, 0.2) is 11.6 Å². The van der Waals surface area contributed by atoms with Crippen LogP contribution in [0.1, 0.15) is 73.1 Å². The Morgan fingerprint density at radius 1 is 1.06 bits per heavy atom. The van der Waals surface area contributed by atoms with E-state index in [-0.39, 0.29) is 42.3 Å². The minimum atomic E-state index is -1.07. The molecule has 0 aromatic carbocycles. The fourth-order valence-electron chi connectivity index (χ4n) is 4.00. The molecule has 1 fully saturated rings. The molecule has 178 valence electrons. The number of nitrogens with two attached hydrogens (primary N) is 1. The summed E-state index contributed by atoms with van der Waals surface area (Å²) in [5.41, 5.74) is 5.59. The number of piperidine rings is 1. The molecule has 2 amide bonds. The summed E-state index contributed by atoms with van der Waals surface area (Å²) in [5, 5.41) is 12.9. The Balaban J connectivity index is 2.92. The van der Waals surface area contributed by atoms with Crippen molar-refractivity contribution < 1.29 is 24.3 Å². The van der Waals surface area contributed by atoms with Crippen LogP contribution in [0.4, 0.5) is 0 Å². The Hall–Kier alpha value is -1.80. The quantitative estimate of drug-likeness (QED) is 0.422. The molecule has 0 radical (unpaired) electrons. The van der Waals surface area contributed by atoms with Gasteiger partial charge in [-0.1, -0.05) is 27.7 Å². The molecule has 4 atom stereocenters. The average molecular weight is 440 g/mol. The van der Waals surface area contributed by atoms with Gasteiger partial charge in [0.1, 0.15) is 0 Å². The van der Waals surface area contributed by atoms with Crippen LogP contribution in [-0.2, 0) is 19.2 Å². The maximum atomic E-state index is 13.1. The van der Waals surface area contributed by atoms with E-state index >= 15 is 0 Å². The third-order valence-electron chi connectivity index (χ3n) is 5.80. The highest BCUT2D eigenvalue weighted by atomic mass is 16.3. The van der Waals surface area contributed by atoms with Gasteiger partial charge in [-0.2, -0.15) is 0 Å². The number of nitrogens with one attached hydrogen (secondary N) is 1. The molecule has 1 heterocycles. The van der Waals surface area contributed by atoms with E-state index in [4.69, 9.17) is 5.73 Å². The van der Waals surface area contributed by atoms with Crippen LogP contribution in [0, 0.1) is 17.8 Å². The summed E-state index contributed by atoms with van der Waals surface area (Å²) < 4.78 is 0. The van der Waals surface area contributed by atoms with E-state index in [0.717, 1.165) is 12.8 Å². The van der Waals surface area contributed by atoms with Gasteiger partial charge in [-0.15, -0.1) is 0 Å². The Bertz CT molecular complexity index is 633. The molecule has 1 aliphatic heterocycles. The van der Waals surface area contributed by atoms with Gasteiger partial charge >= 0.3 is 0 Å². The third-order valence-corrected chi connectivity index (χ3v) is 5.80. The van der Waals surface area contributed by atoms with Crippen molar-refractivity contribution in [3.05, 3.63) is 0 Å². The van der Waals surface area contributed by atoms with Crippen molar-refractivity contribution in [2.24, 2.45) is 23.5 Å². The number of carbonyl (C=O) groups is 4. The van der Waals surface area contributed by atoms with Crippen LogP contribution in [0.25, 0.3) is 0 Å². The lowest BCUT2D eigenvalue weighted by atomic mass is 9.88. The molecular weight excluding hydrogens is 398 g/mol. The van der Waals surface area contributed by atoms with E-state index in [2.05, 4.69) is 5.32 Å². The van der Waals surface area contributed by atoms with Gasteiger partial charge in [0, 0.05) is 25.3 Å². The minimum absolute atomic E-state index is 0.0448. The Morgan fingerprint density at radius 3 is 2.23 bits per heavy atom. The number of nitrogens with zero attached hydrogens (tertiary/aromatic N) is 1. The number of rotatable bonds is 12. The molecule has 0 bridgehead atoms. The van der Waals surface area contributed by atoms with E-state index in [1.54, 1.807) is 18.7 Å². The number of aliphatic hydroxyl groups excluding tert-OH is 1. The molecule has 0 aromatic rings. The number of Topliss-reactive ketones (excluding diaryl/α,β-unsaturated/α-hetero) is 2. The van der Waals surface area contributed by atoms with Crippen molar-refractivity contribution in [1.29, 1.82) is 0 Å². The summed E-state index contributed by atoms with van der Waals surface area (Å²) in [6, 6.07) is -1.31. The summed E-state index contributed by atoms with van der Waals surface area (Å²) >= 11 is 0. The van der Waals surface area contributed by atoms with Crippen LogP contribution < -0.4 is 11.1 Å². The highest BCUT2D eigenvalue weighted by Crippen LogP contribution is 2.23. The molecule has 0 aliphatic carbocycles. The van der Waals surface area contributed by atoms with Crippen molar-refractivity contribution in [2.75, 3.05) is 13.1 Å². The molecule has 8 heteroatoms. The predicted molar refractivity (Wildman–Crippen MR) is 119 cm³/mol. The summed E-state index contributed by atoms with van der Waals surface area (Å²) in [5.74, 6) is -2.00. The fourth-order valence-corrected chi connectivity index (χ4v) is 4.00. The molecule has 8 nitrogen and oxygen atoms in total. The van der Waals surface area contributed by atoms with E-state index in [1.165, 1.54) is 6.92 Å². The normalized spacial score (nSPS) is 19.8. The number of carbonyl (C=O) groups excluding carboxylic acids is 4. The van der Waals surface area contributed by atoms with E-state index in [9.17, 15) is 24.3 Å². The second kappa shape index (κ2) is 12.9. The molecule has 31 heavy (non-hydrogen) atoms. The van der Waals surface area contributed by atoms with Crippen molar-refractivity contribution in [3.63, 3.8) is 0 Å². The van der Waals surface area contributed by atoms with Crippen LogP contribution in [0.15, 0.2) is 0 Å². The van der Waals surface area contributed by atoms with Crippen molar-refractivity contribution in [2.45, 2.75) is 91.3 Å². The molecule has 4 N–H and O–H groups in total. The highest BCUT2D eigenvalue weighted by molar-refractivity contribution is 5.95. The standard InChI is InChI=1S/C23H41N3O5/c1-14(2)12-21(29)26-11-7-6-8-19(26)20(28)13-17(16(5)27)23(31)25-18(9-10-24)22(30)15(3)4/h14-19,27H,6-13,24H2,1-5H3,(H,25,31)/t16?,17-,18-,19-/m0/s1. The van der Waals surface area contributed by atoms with Crippen LogP contribution in [-0.4, -0.2) is 64.7 Å². The molecule has 0 saturated carbocycles. The number of amides is 2. The smallest absolute Gasteiger partial charge is 0.226 e. The lowest BCUT2D eigenvalue weighted by Crippen LogP contribution is -2.51. The first-order valence-electron chi connectivity index (χ1n) is 11.5. The molecule has 1 aliphatic rings. The number of hydrogen-bond donors (Lipinski definition) is 3. The largest absolute Gasteiger partial charge is 0.393 e. The average Bonchev–Trinajstić information content (AvgIpc) is 2.69.